The molecular weight excluding hydrogens is 228 g/mol. The molecule has 1 aliphatic carbocycles. The van der Waals surface area contributed by atoms with Crippen LogP contribution in [0.5, 0.6) is 0 Å². The van der Waals surface area contributed by atoms with Gasteiger partial charge >= 0.3 is 6.16 Å². The van der Waals surface area contributed by atoms with Gasteiger partial charge in [0.05, 0.1) is 6.61 Å². The number of rotatable bonds is 4. The Labute approximate surface area is 108 Å². The quantitative estimate of drug-likeness (QED) is 0.757. The topological polar surface area (TPSA) is 35.5 Å². The van der Waals surface area contributed by atoms with Gasteiger partial charge in [-0.15, -0.1) is 0 Å². The van der Waals surface area contributed by atoms with Gasteiger partial charge in [0, 0.05) is 0 Å². The first-order valence-corrected chi connectivity index (χ1v) is 6.68. The molecule has 18 heavy (non-hydrogen) atoms. The van der Waals surface area contributed by atoms with Crippen molar-refractivity contribution in [3.63, 3.8) is 0 Å². The fourth-order valence-electron chi connectivity index (χ4n) is 2.30. The van der Waals surface area contributed by atoms with Crippen LogP contribution in [0.25, 0.3) is 0 Å². The second-order valence-corrected chi connectivity index (χ2v) is 4.84. The van der Waals surface area contributed by atoms with Crippen LogP contribution >= 0.6 is 0 Å². The van der Waals surface area contributed by atoms with E-state index in [2.05, 4.69) is 0 Å². The fraction of sp³-hybridized carbons (Fsp3) is 0.533. The van der Waals surface area contributed by atoms with Gasteiger partial charge in [-0.1, -0.05) is 49.6 Å². The molecule has 0 aliphatic heterocycles. The summed E-state index contributed by atoms with van der Waals surface area (Å²) in [6.07, 6.45) is 5.62. The summed E-state index contributed by atoms with van der Waals surface area (Å²) in [7, 11) is 0. The number of hydrogen-bond donors (Lipinski definition) is 0. The minimum atomic E-state index is -0.551. The summed E-state index contributed by atoms with van der Waals surface area (Å²) < 4.78 is 10.2. The lowest BCUT2D eigenvalue weighted by Crippen LogP contribution is -2.17. The van der Waals surface area contributed by atoms with Crippen LogP contribution in [0.15, 0.2) is 30.3 Å². The highest BCUT2D eigenvalue weighted by molar-refractivity contribution is 5.59. The fourth-order valence-corrected chi connectivity index (χ4v) is 2.30. The van der Waals surface area contributed by atoms with E-state index in [1.165, 1.54) is 32.1 Å². The standard InChI is InChI=1S/C15H20O3/c16-15(17-11-13-7-3-1-4-8-13)18-12-14-9-5-2-6-10-14/h1,3-4,7-8,14H,2,5-6,9-12H2. The maximum Gasteiger partial charge on any atom is 0.508 e. The molecule has 3 nitrogen and oxygen atoms in total. The molecule has 3 heteroatoms. The summed E-state index contributed by atoms with van der Waals surface area (Å²) in [5, 5.41) is 0. The first kappa shape index (κ1) is 12.9. The van der Waals surface area contributed by atoms with Crippen molar-refractivity contribution in [2.75, 3.05) is 6.61 Å². The van der Waals surface area contributed by atoms with E-state index in [0.29, 0.717) is 12.5 Å². The highest BCUT2D eigenvalue weighted by Crippen LogP contribution is 2.23. The van der Waals surface area contributed by atoms with Crippen LogP contribution in [0, 0.1) is 5.92 Å². The maximum absolute atomic E-state index is 11.4. The van der Waals surface area contributed by atoms with Gasteiger partial charge in [0.15, 0.2) is 0 Å². The minimum absolute atomic E-state index is 0.282. The largest absolute Gasteiger partial charge is 0.508 e. The SMILES string of the molecule is O=C(OCc1ccccc1)OCC1CCCCC1. The van der Waals surface area contributed by atoms with Crippen molar-refractivity contribution in [3.8, 4) is 0 Å². The van der Waals surface area contributed by atoms with Gasteiger partial charge in [0.25, 0.3) is 0 Å². The Kier molecular flexibility index (Phi) is 5.06. The highest BCUT2D eigenvalue weighted by Gasteiger charge is 2.15. The molecule has 0 aromatic heterocycles. The molecule has 1 saturated carbocycles. The molecular formula is C15H20O3. The lowest BCUT2D eigenvalue weighted by atomic mass is 9.90. The van der Waals surface area contributed by atoms with Crippen LogP contribution in [-0.4, -0.2) is 12.8 Å². The lowest BCUT2D eigenvalue weighted by Gasteiger charge is -2.20. The van der Waals surface area contributed by atoms with Crippen molar-refractivity contribution in [1.29, 1.82) is 0 Å². The van der Waals surface area contributed by atoms with E-state index in [1.807, 2.05) is 30.3 Å². The average Bonchev–Trinajstić information content (AvgIpc) is 2.45. The molecule has 0 heterocycles. The van der Waals surface area contributed by atoms with Gasteiger partial charge in [-0.3, -0.25) is 0 Å². The Balaban J connectivity index is 1.63. The second kappa shape index (κ2) is 7.04. The number of hydrogen-bond acceptors (Lipinski definition) is 3. The smallest absolute Gasteiger partial charge is 0.434 e. The summed E-state index contributed by atoms with van der Waals surface area (Å²) in [6, 6.07) is 9.63. The number of carbonyl (C=O) groups is 1. The van der Waals surface area contributed by atoms with Crippen molar-refractivity contribution in [3.05, 3.63) is 35.9 Å². The van der Waals surface area contributed by atoms with E-state index in [-0.39, 0.29) is 6.61 Å². The third-order valence-corrected chi connectivity index (χ3v) is 3.36. The highest BCUT2D eigenvalue weighted by atomic mass is 16.7. The van der Waals surface area contributed by atoms with E-state index in [4.69, 9.17) is 9.47 Å². The Morgan fingerprint density at radius 3 is 2.50 bits per heavy atom. The van der Waals surface area contributed by atoms with Crippen molar-refractivity contribution >= 4 is 6.16 Å². The van der Waals surface area contributed by atoms with Crippen LogP contribution in [0.1, 0.15) is 37.7 Å². The van der Waals surface area contributed by atoms with Crippen LogP contribution < -0.4 is 0 Å². The zero-order chi connectivity index (χ0) is 12.6. The van der Waals surface area contributed by atoms with E-state index in [9.17, 15) is 4.79 Å². The first-order chi connectivity index (χ1) is 8.84. The average molecular weight is 248 g/mol. The summed E-state index contributed by atoms with van der Waals surface area (Å²) >= 11 is 0. The molecule has 1 aliphatic rings. The van der Waals surface area contributed by atoms with Crippen molar-refractivity contribution in [2.45, 2.75) is 38.7 Å². The van der Waals surface area contributed by atoms with Gasteiger partial charge in [-0.05, 0) is 24.3 Å². The zero-order valence-electron chi connectivity index (χ0n) is 10.6. The van der Waals surface area contributed by atoms with E-state index in [1.54, 1.807) is 0 Å². The van der Waals surface area contributed by atoms with Crippen LogP contribution in [0.3, 0.4) is 0 Å². The Bertz CT molecular complexity index is 355. The van der Waals surface area contributed by atoms with Gasteiger partial charge in [-0.25, -0.2) is 4.79 Å². The molecule has 1 aromatic carbocycles. The van der Waals surface area contributed by atoms with Crippen molar-refractivity contribution < 1.29 is 14.3 Å². The molecule has 0 radical (unpaired) electrons. The second-order valence-electron chi connectivity index (χ2n) is 4.84. The molecule has 0 spiro atoms. The first-order valence-electron chi connectivity index (χ1n) is 6.68. The lowest BCUT2D eigenvalue weighted by molar-refractivity contribution is 0.0351. The molecule has 0 atom stereocenters. The summed E-state index contributed by atoms with van der Waals surface area (Å²) in [6.45, 7) is 0.790. The maximum atomic E-state index is 11.4. The van der Waals surface area contributed by atoms with Gasteiger partial charge in [-0.2, -0.15) is 0 Å². The van der Waals surface area contributed by atoms with Gasteiger partial charge in [0.1, 0.15) is 6.61 Å². The molecule has 0 unspecified atom stereocenters. The Hall–Kier alpha value is -1.51. The third-order valence-electron chi connectivity index (χ3n) is 3.36. The zero-order valence-corrected chi connectivity index (χ0v) is 10.6. The predicted octanol–water partition coefficient (Wildman–Crippen LogP) is 3.92. The minimum Gasteiger partial charge on any atom is -0.434 e. The normalized spacial score (nSPS) is 16.2. The van der Waals surface area contributed by atoms with Crippen LogP contribution in [0.4, 0.5) is 4.79 Å². The number of carbonyl (C=O) groups excluding carboxylic acids is 1. The van der Waals surface area contributed by atoms with Gasteiger partial charge in [0.2, 0.25) is 0 Å². The molecule has 1 aromatic rings. The Morgan fingerprint density at radius 2 is 1.78 bits per heavy atom. The third kappa shape index (κ3) is 4.40. The molecule has 0 N–H and O–H groups in total. The van der Waals surface area contributed by atoms with Crippen LogP contribution in [0.2, 0.25) is 0 Å². The van der Waals surface area contributed by atoms with E-state index in [0.717, 1.165) is 5.56 Å². The van der Waals surface area contributed by atoms with Crippen LogP contribution in [-0.2, 0) is 16.1 Å². The molecule has 0 bridgehead atoms. The monoisotopic (exact) mass is 248 g/mol. The van der Waals surface area contributed by atoms with Gasteiger partial charge < -0.3 is 9.47 Å². The summed E-state index contributed by atoms with van der Waals surface area (Å²) in [5.41, 5.74) is 0.979. The van der Waals surface area contributed by atoms with E-state index < -0.39 is 6.16 Å². The number of benzene rings is 1. The molecule has 0 saturated heterocycles. The van der Waals surface area contributed by atoms with E-state index >= 15 is 0 Å². The van der Waals surface area contributed by atoms with Crippen molar-refractivity contribution in [1.82, 2.24) is 0 Å². The summed E-state index contributed by atoms with van der Waals surface area (Å²) in [4.78, 5) is 11.4. The number of ether oxygens (including phenoxy) is 2. The summed E-state index contributed by atoms with van der Waals surface area (Å²) in [5.74, 6) is 0.531. The predicted molar refractivity (Wildman–Crippen MR) is 69.2 cm³/mol. The molecule has 2 rings (SSSR count). The molecule has 0 amide bonds. The molecule has 98 valence electrons. The molecule has 1 fully saturated rings. The Morgan fingerprint density at radius 1 is 1.06 bits per heavy atom. The van der Waals surface area contributed by atoms with Crippen molar-refractivity contribution in [2.24, 2.45) is 5.92 Å².